The molecule has 0 spiro atoms. The highest BCUT2D eigenvalue weighted by Crippen LogP contribution is 2.44. The molecule has 3 aromatic rings. The van der Waals surface area contributed by atoms with Gasteiger partial charge in [-0.25, -0.2) is 13.3 Å². The maximum absolute atomic E-state index is 14.1. The minimum absolute atomic E-state index is 0.0836. The molecule has 0 atom stereocenters. The number of anilines is 2. The van der Waals surface area contributed by atoms with Crippen molar-refractivity contribution in [2.45, 2.75) is 33.1 Å². The molecule has 2 heterocycles. The lowest BCUT2D eigenvalue weighted by molar-refractivity contribution is -0.119. The number of methoxy groups -OCH3 is 1. The number of amides is 2. The number of sulfonamides is 1. The molecule has 2 aliphatic rings. The van der Waals surface area contributed by atoms with Gasteiger partial charge in [0.15, 0.2) is 5.75 Å². The van der Waals surface area contributed by atoms with Gasteiger partial charge >= 0.3 is 0 Å². The highest BCUT2D eigenvalue weighted by Gasteiger charge is 2.37. The molecule has 0 aromatic heterocycles. The normalized spacial score (nSPS) is 16.4. The Labute approximate surface area is 258 Å². The monoisotopic (exact) mass is 621 g/mol. The van der Waals surface area contributed by atoms with Crippen molar-refractivity contribution in [2.75, 3.05) is 61.9 Å². The van der Waals surface area contributed by atoms with Crippen LogP contribution in [0.25, 0.3) is 16.3 Å². The fourth-order valence-electron chi connectivity index (χ4n) is 5.38. The second kappa shape index (κ2) is 12.6. The van der Waals surface area contributed by atoms with Crippen LogP contribution in [0.4, 0.5) is 11.4 Å². The molecule has 0 bridgehead atoms. The number of fused-ring (bicyclic) bond motifs is 1. The van der Waals surface area contributed by atoms with Gasteiger partial charge in [0.1, 0.15) is 12.4 Å². The van der Waals surface area contributed by atoms with E-state index < -0.39 is 27.3 Å². The van der Waals surface area contributed by atoms with E-state index in [1.807, 2.05) is 51.1 Å². The lowest BCUT2D eigenvalue weighted by Gasteiger charge is -2.26. The Hall–Kier alpha value is -3.93. The number of carbonyl (C=O) groups is 2. The summed E-state index contributed by atoms with van der Waals surface area (Å²) < 4.78 is 44.9. The molecule has 234 valence electrons. The third-order valence-electron chi connectivity index (χ3n) is 7.89. The van der Waals surface area contributed by atoms with Crippen LogP contribution in [0.2, 0.25) is 0 Å². The highest BCUT2D eigenvalue weighted by molar-refractivity contribution is 7.92. The lowest BCUT2D eigenvalue weighted by Crippen LogP contribution is -2.38. The summed E-state index contributed by atoms with van der Waals surface area (Å²) >= 11 is 0. The Bertz CT molecular complexity index is 1720. The van der Waals surface area contributed by atoms with Crippen LogP contribution in [0.1, 0.15) is 38.8 Å². The van der Waals surface area contributed by atoms with Crippen molar-refractivity contribution in [1.29, 1.82) is 0 Å². The van der Waals surface area contributed by atoms with E-state index in [2.05, 4.69) is 9.62 Å². The van der Waals surface area contributed by atoms with Crippen molar-refractivity contribution < 1.29 is 32.2 Å². The zero-order valence-corrected chi connectivity index (χ0v) is 26.6. The molecule has 10 nitrogen and oxygen atoms in total. The highest BCUT2D eigenvalue weighted by atomic mass is 32.2. The smallest absolute Gasteiger partial charge is 0.266 e. The zero-order valence-electron chi connectivity index (χ0n) is 25.8. The first-order valence-electron chi connectivity index (χ1n) is 14.7. The average molecular weight is 622 g/mol. The number of morpholine rings is 1. The average Bonchev–Trinajstić information content (AvgIpc) is 3.29. The van der Waals surface area contributed by atoms with E-state index in [0.717, 1.165) is 54.1 Å². The van der Waals surface area contributed by atoms with E-state index in [-0.39, 0.29) is 28.5 Å². The predicted octanol–water partition coefficient (Wildman–Crippen LogP) is 4.58. The minimum Gasteiger partial charge on any atom is -0.492 e. The van der Waals surface area contributed by atoms with E-state index in [9.17, 15) is 18.0 Å². The number of ether oxygens (including phenoxy) is 3. The molecule has 1 N–H and O–H groups in total. The number of hydrogen-bond acceptors (Lipinski definition) is 8. The number of nitrogens with one attached hydrogen (secondary N) is 1. The van der Waals surface area contributed by atoms with Crippen LogP contribution < -0.4 is 19.1 Å². The molecule has 0 saturated carbocycles. The van der Waals surface area contributed by atoms with Crippen LogP contribution in [0.15, 0.2) is 54.6 Å². The number of rotatable bonds is 10. The van der Waals surface area contributed by atoms with Gasteiger partial charge in [0, 0.05) is 31.1 Å². The number of benzene rings is 3. The minimum atomic E-state index is -3.68. The SMILES string of the molecule is CCS(=O)(=O)Nc1cc(C(C)(C)C)cc(N2C(=O)C=C(c3ccc(OCCN4CCOCC4)c4ccccc34)C2=O)c1OC. The van der Waals surface area contributed by atoms with Crippen LogP contribution in [0.5, 0.6) is 11.5 Å². The molecule has 1 fully saturated rings. The topological polar surface area (TPSA) is 114 Å². The fraction of sp³-hybridized carbons (Fsp3) is 0.394. The molecule has 1 saturated heterocycles. The van der Waals surface area contributed by atoms with Crippen LogP contribution in [0, 0.1) is 0 Å². The molecule has 0 radical (unpaired) electrons. The van der Waals surface area contributed by atoms with Crippen molar-refractivity contribution in [2.24, 2.45) is 0 Å². The third kappa shape index (κ3) is 6.45. The van der Waals surface area contributed by atoms with Crippen LogP contribution in [-0.2, 0) is 29.8 Å². The van der Waals surface area contributed by atoms with Gasteiger partial charge in [-0.2, -0.15) is 0 Å². The van der Waals surface area contributed by atoms with E-state index in [0.29, 0.717) is 17.9 Å². The fourth-order valence-corrected chi connectivity index (χ4v) is 6.01. The quantitative estimate of drug-likeness (QED) is 0.328. The number of nitrogens with zero attached hydrogens (tertiary/aromatic N) is 2. The van der Waals surface area contributed by atoms with Crippen molar-refractivity contribution in [3.63, 3.8) is 0 Å². The van der Waals surface area contributed by atoms with Gasteiger partial charge in [-0.3, -0.25) is 19.2 Å². The third-order valence-corrected chi connectivity index (χ3v) is 9.18. The van der Waals surface area contributed by atoms with Gasteiger partial charge in [-0.15, -0.1) is 0 Å². The lowest BCUT2D eigenvalue weighted by atomic mass is 9.86. The van der Waals surface area contributed by atoms with E-state index >= 15 is 0 Å². The Morgan fingerprint density at radius 1 is 1.00 bits per heavy atom. The maximum Gasteiger partial charge on any atom is 0.266 e. The first-order valence-corrected chi connectivity index (χ1v) is 16.4. The van der Waals surface area contributed by atoms with Crippen LogP contribution in [0.3, 0.4) is 0 Å². The molecule has 0 unspecified atom stereocenters. The van der Waals surface area contributed by atoms with Gasteiger partial charge in [-0.1, -0.05) is 45.0 Å². The first kappa shape index (κ1) is 31.5. The zero-order chi connectivity index (χ0) is 31.6. The molecule has 11 heteroatoms. The van der Waals surface area contributed by atoms with Crippen molar-refractivity contribution >= 4 is 49.6 Å². The largest absolute Gasteiger partial charge is 0.492 e. The van der Waals surface area contributed by atoms with Gasteiger partial charge in [0.25, 0.3) is 11.8 Å². The standard InChI is InChI=1S/C33H39N3O7S/c1-6-44(39,40)34-27-19-22(33(2,3)4)20-28(31(27)41-5)36-30(37)21-26(32(36)38)24-11-12-29(25-10-8-7-9-23(24)25)43-18-15-35-13-16-42-17-14-35/h7-12,19-21,34H,6,13-18H2,1-5H3. The summed E-state index contributed by atoms with van der Waals surface area (Å²) in [6.07, 6.45) is 1.32. The second-order valence-electron chi connectivity index (χ2n) is 11.8. The summed E-state index contributed by atoms with van der Waals surface area (Å²) in [5, 5.41) is 1.60. The summed E-state index contributed by atoms with van der Waals surface area (Å²) in [4.78, 5) is 31.0. The van der Waals surface area contributed by atoms with E-state index in [4.69, 9.17) is 14.2 Å². The predicted molar refractivity (Wildman–Crippen MR) is 172 cm³/mol. The Balaban J connectivity index is 1.50. The van der Waals surface area contributed by atoms with Crippen molar-refractivity contribution in [3.05, 3.63) is 65.7 Å². The second-order valence-corrected chi connectivity index (χ2v) is 13.8. The van der Waals surface area contributed by atoms with E-state index in [1.54, 1.807) is 18.2 Å². The Morgan fingerprint density at radius 3 is 2.36 bits per heavy atom. The van der Waals surface area contributed by atoms with E-state index in [1.165, 1.54) is 20.1 Å². The molecule has 44 heavy (non-hydrogen) atoms. The molecular formula is C33H39N3O7S. The maximum atomic E-state index is 14.1. The van der Waals surface area contributed by atoms with Crippen LogP contribution in [-0.4, -0.2) is 77.4 Å². The molecule has 2 aliphatic heterocycles. The Kier molecular flexibility index (Phi) is 9.01. The number of imide groups is 1. The first-order chi connectivity index (χ1) is 20.9. The summed E-state index contributed by atoms with van der Waals surface area (Å²) in [5.74, 6) is -0.457. The van der Waals surface area contributed by atoms with Gasteiger partial charge < -0.3 is 14.2 Å². The molecule has 5 rings (SSSR count). The molecule has 2 amide bonds. The number of carbonyl (C=O) groups excluding carboxylic acids is 2. The van der Waals surface area contributed by atoms with Crippen molar-refractivity contribution in [3.8, 4) is 11.5 Å². The number of hydrogen-bond donors (Lipinski definition) is 1. The van der Waals surface area contributed by atoms with Gasteiger partial charge in [0.2, 0.25) is 10.0 Å². The summed E-state index contributed by atoms with van der Waals surface area (Å²) in [7, 11) is -2.30. The molecule has 0 aliphatic carbocycles. The Morgan fingerprint density at radius 2 is 1.70 bits per heavy atom. The summed E-state index contributed by atoms with van der Waals surface area (Å²) in [6, 6.07) is 14.6. The summed E-state index contributed by atoms with van der Waals surface area (Å²) in [6.45, 7) is 11.9. The van der Waals surface area contributed by atoms with Gasteiger partial charge in [0.05, 0.1) is 43.0 Å². The molecule has 3 aromatic carbocycles. The van der Waals surface area contributed by atoms with Crippen LogP contribution >= 0.6 is 0 Å². The molecular weight excluding hydrogens is 582 g/mol. The van der Waals surface area contributed by atoms with Gasteiger partial charge in [-0.05, 0) is 53.1 Å². The van der Waals surface area contributed by atoms with Crippen molar-refractivity contribution in [1.82, 2.24) is 4.90 Å². The summed E-state index contributed by atoms with van der Waals surface area (Å²) in [5.41, 5.74) is 1.45.